The summed E-state index contributed by atoms with van der Waals surface area (Å²) in [6.45, 7) is 4.22. The third-order valence-electron chi connectivity index (χ3n) is 4.98. The second-order valence-electron chi connectivity index (χ2n) is 7.97. The van der Waals surface area contributed by atoms with E-state index in [1.807, 2.05) is 7.05 Å². The van der Waals surface area contributed by atoms with Crippen LogP contribution in [0.1, 0.15) is 41.4 Å². The zero-order valence-electron chi connectivity index (χ0n) is 19.7. The SMILES string of the molecule is CNC(C)C.Nc1ncc(-c2ccc(NC(=O)C(O)c3cccc(C(F)(F)F)c3)cc2Cl)cc1C=O. The lowest BCUT2D eigenvalue weighted by Crippen LogP contribution is -2.21. The molecule has 0 saturated carbocycles. The van der Waals surface area contributed by atoms with Crippen LogP contribution in [0.25, 0.3) is 11.1 Å². The summed E-state index contributed by atoms with van der Waals surface area (Å²) >= 11 is 6.26. The molecule has 2 aromatic carbocycles. The van der Waals surface area contributed by atoms with Gasteiger partial charge in [-0.05, 0) is 42.9 Å². The van der Waals surface area contributed by atoms with Crippen LogP contribution < -0.4 is 16.4 Å². The van der Waals surface area contributed by atoms with Crippen molar-refractivity contribution < 1.29 is 27.9 Å². The lowest BCUT2D eigenvalue weighted by atomic mass is 10.0. The molecule has 0 aliphatic heterocycles. The van der Waals surface area contributed by atoms with Crippen LogP contribution >= 0.6 is 11.6 Å². The Labute approximate surface area is 211 Å². The third-order valence-corrected chi connectivity index (χ3v) is 5.29. The molecule has 1 heterocycles. The quantitative estimate of drug-likeness (QED) is 0.334. The van der Waals surface area contributed by atoms with E-state index in [0.29, 0.717) is 29.5 Å². The standard InChI is InChI=1S/C21H15ClF3N3O3.C4H11N/c22-17-8-15(4-5-16(17)12-6-13(10-29)19(26)27-9-12)28-20(31)18(30)11-2-1-3-14(7-11)21(23,24)25;1-4(2)5-3/h1-10,18,30H,(H2,26,27)(H,28,31);4-5H,1-3H3. The fourth-order valence-corrected chi connectivity index (χ4v) is 3.10. The molecule has 5 N–H and O–H groups in total. The highest BCUT2D eigenvalue weighted by Crippen LogP contribution is 2.33. The van der Waals surface area contributed by atoms with Crippen molar-refractivity contribution in [2.45, 2.75) is 32.2 Å². The van der Waals surface area contributed by atoms with Gasteiger partial charge in [0.15, 0.2) is 12.4 Å². The molecule has 0 spiro atoms. The maximum atomic E-state index is 12.8. The molecule has 1 unspecified atom stereocenters. The molecule has 11 heteroatoms. The van der Waals surface area contributed by atoms with Crippen molar-refractivity contribution in [3.05, 3.63) is 76.4 Å². The number of aromatic nitrogens is 1. The van der Waals surface area contributed by atoms with Crippen LogP contribution in [0.3, 0.4) is 0 Å². The van der Waals surface area contributed by atoms with E-state index in [4.69, 9.17) is 17.3 Å². The number of carbonyl (C=O) groups excluding carboxylic acids is 2. The summed E-state index contributed by atoms with van der Waals surface area (Å²) in [7, 11) is 1.95. The Balaban J connectivity index is 0.000000830. The Morgan fingerprint density at radius 1 is 1.17 bits per heavy atom. The van der Waals surface area contributed by atoms with E-state index in [-0.39, 0.29) is 27.7 Å². The molecule has 0 aliphatic carbocycles. The highest BCUT2D eigenvalue weighted by atomic mass is 35.5. The van der Waals surface area contributed by atoms with E-state index in [2.05, 4.69) is 29.5 Å². The third kappa shape index (κ3) is 7.77. The summed E-state index contributed by atoms with van der Waals surface area (Å²) in [5.74, 6) is -0.858. The molecular weight excluding hydrogens is 497 g/mol. The van der Waals surface area contributed by atoms with Gasteiger partial charge < -0.3 is 21.5 Å². The number of alkyl halides is 3. The van der Waals surface area contributed by atoms with Gasteiger partial charge in [0.2, 0.25) is 0 Å². The number of nitrogens with two attached hydrogens (primary N) is 1. The van der Waals surface area contributed by atoms with Gasteiger partial charge in [0.05, 0.1) is 16.1 Å². The zero-order valence-corrected chi connectivity index (χ0v) is 20.5. The maximum Gasteiger partial charge on any atom is 0.416 e. The normalized spacial score (nSPS) is 11.9. The predicted molar refractivity (Wildman–Crippen MR) is 134 cm³/mol. The molecule has 36 heavy (non-hydrogen) atoms. The lowest BCUT2D eigenvalue weighted by Gasteiger charge is -2.15. The summed E-state index contributed by atoms with van der Waals surface area (Å²) in [6, 6.07) is 10.4. The first-order valence-corrected chi connectivity index (χ1v) is 11.1. The fourth-order valence-electron chi connectivity index (χ4n) is 2.81. The highest BCUT2D eigenvalue weighted by molar-refractivity contribution is 6.33. The van der Waals surface area contributed by atoms with Crippen LogP contribution in [0, 0.1) is 0 Å². The van der Waals surface area contributed by atoms with Crippen LogP contribution in [0.4, 0.5) is 24.7 Å². The number of nitrogens with zero attached hydrogens (tertiary/aromatic N) is 1. The van der Waals surface area contributed by atoms with Gasteiger partial charge in [-0.2, -0.15) is 13.2 Å². The van der Waals surface area contributed by atoms with Crippen molar-refractivity contribution in [3.63, 3.8) is 0 Å². The molecule has 0 aliphatic rings. The summed E-state index contributed by atoms with van der Waals surface area (Å²) in [6.07, 6.45) is -4.43. The number of aliphatic hydroxyl groups is 1. The fraction of sp³-hybridized carbons (Fsp3) is 0.240. The van der Waals surface area contributed by atoms with Crippen LogP contribution in [-0.2, 0) is 11.0 Å². The van der Waals surface area contributed by atoms with Crippen molar-refractivity contribution in [2.75, 3.05) is 18.1 Å². The first-order chi connectivity index (χ1) is 16.9. The smallest absolute Gasteiger partial charge is 0.383 e. The van der Waals surface area contributed by atoms with Gasteiger partial charge in [-0.25, -0.2) is 4.98 Å². The Morgan fingerprint density at radius 2 is 1.83 bits per heavy atom. The topological polar surface area (TPSA) is 117 Å². The van der Waals surface area contributed by atoms with Crippen molar-refractivity contribution in [3.8, 4) is 11.1 Å². The monoisotopic (exact) mass is 522 g/mol. The van der Waals surface area contributed by atoms with Crippen molar-refractivity contribution in [1.82, 2.24) is 10.3 Å². The van der Waals surface area contributed by atoms with E-state index < -0.39 is 23.8 Å². The molecule has 1 aromatic heterocycles. The number of halogens is 4. The highest BCUT2D eigenvalue weighted by Gasteiger charge is 2.31. The largest absolute Gasteiger partial charge is 0.416 e. The predicted octanol–water partition coefficient (Wildman–Crippen LogP) is 5.10. The number of amides is 1. The average molecular weight is 523 g/mol. The number of hydrogen-bond acceptors (Lipinski definition) is 6. The number of nitrogen functional groups attached to an aromatic ring is 1. The van der Waals surface area contributed by atoms with Gasteiger partial charge in [0, 0.05) is 29.1 Å². The van der Waals surface area contributed by atoms with Gasteiger partial charge in [-0.1, -0.05) is 43.6 Å². The number of anilines is 2. The number of benzene rings is 2. The van der Waals surface area contributed by atoms with Gasteiger partial charge >= 0.3 is 6.18 Å². The van der Waals surface area contributed by atoms with E-state index in [1.54, 1.807) is 6.07 Å². The molecule has 1 atom stereocenters. The van der Waals surface area contributed by atoms with Gasteiger partial charge in [0.1, 0.15) is 5.82 Å². The summed E-state index contributed by atoms with van der Waals surface area (Å²) in [4.78, 5) is 27.3. The molecule has 0 saturated heterocycles. The van der Waals surface area contributed by atoms with Gasteiger partial charge in [-0.3, -0.25) is 9.59 Å². The molecule has 1 amide bonds. The summed E-state index contributed by atoms with van der Waals surface area (Å²) in [5.41, 5.74) is 5.84. The minimum Gasteiger partial charge on any atom is -0.383 e. The van der Waals surface area contributed by atoms with Crippen LogP contribution in [0.15, 0.2) is 54.7 Å². The van der Waals surface area contributed by atoms with Crippen molar-refractivity contribution in [2.24, 2.45) is 0 Å². The molecule has 0 radical (unpaired) electrons. The minimum absolute atomic E-state index is 0.0716. The number of carbonyl (C=O) groups is 2. The van der Waals surface area contributed by atoms with Crippen molar-refractivity contribution in [1.29, 1.82) is 0 Å². The van der Waals surface area contributed by atoms with Gasteiger partial charge in [0.25, 0.3) is 5.91 Å². The molecule has 192 valence electrons. The van der Waals surface area contributed by atoms with E-state index >= 15 is 0 Å². The molecule has 0 bridgehead atoms. The number of rotatable bonds is 6. The summed E-state index contributed by atoms with van der Waals surface area (Å²) in [5, 5.41) is 15.8. The number of hydrogen-bond donors (Lipinski definition) is 4. The lowest BCUT2D eigenvalue weighted by molar-refractivity contribution is -0.138. The Bertz CT molecular complexity index is 1220. The Hall–Kier alpha value is -3.47. The van der Waals surface area contributed by atoms with E-state index in [0.717, 1.165) is 12.1 Å². The minimum atomic E-state index is -4.60. The molecular formula is C25H26ClF3N4O3. The number of aliphatic hydroxyl groups excluding tert-OH is 1. The van der Waals surface area contributed by atoms with Crippen LogP contribution in [0.2, 0.25) is 5.02 Å². The first kappa shape index (κ1) is 28.8. The second-order valence-corrected chi connectivity index (χ2v) is 8.38. The zero-order chi connectivity index (χ0) is 27.0. The first-order valence-electron chi connectivity index (χ1n) is 10.7. The second kappa shape index (κ2) is 12.5. The Kier molecular flexibility index (Phi) is 9.97. The van der Waals surface area contributed by atoms with E-state index in [9.17, 15) is 27.9 Å². The van der Waals surface area contributed by atoms with Crippen LogP contribution in [0.5, 0.6) is 0 Å². The molecule has 3 aromatic rings. The molecule has 7 nitrogen and oxygen atoms in total. The Morgan fingerprint density at radius 3 is 2.39 bits per heavy atom. The van der Waals surface area contributed by atoms with Crippen LogP contribution in [-0.4, -0.2) is 35.4 Å². The van der Waals surface area contributed by atoms with E-state index in [1.165, 1.54) is 30.5 Å². The number of nitrogens with one attached hydrogen (secondary N) is 2. The summed E-state index contributed by atoms with van der Waals surface area (Å²) < 4.78 is 38.5. The van der Waals surface area contributed by atoms with Gasteiger partial charge in [-0.15, -0.1) is 0 Å². The average Bonchev–Trinajstić information content (AvgIpc) is 2.84. The number of pyridine rings is 1. The molecule has 0 fully saturated rings. The number of aldehydes is 1. The van der Waals surface area contributed by atoms with Crippen molar-refractivity contribution >= 4 is 35.3 Å². The molecule has 3 rings (SSSR count). The maximum absolute atomic E-state index is 12.8.